The lowest BCUT2D eigenvalue weighted by molar-refractivity contribution is 0.356. The van der Waals surface area contributed by atoms with E-state index in [0.29, 0.717) is 18.0 Å². The molecular formula is C23H40N2. The summed E-state index contributed by atoms with van der Waals surface area (Å²) in [5.74, 6) is 3.19. The highest BCUT2D eigenvalue weighted by atomic mass is 14.9. The summed E-state index contributed by atoms with van der Waals surface area (Å²) in [5.41, 5.74) is 2.24. The SMILES string of the molecule is C=C1C=CC(C)C(C)N1.C=C1CCC(C)C(C)N1.CC1C=CCC1C. The Hall–Kier alpha value is -1.44. The summed E-state index contributed by atoms with van der Waals surface area (Å²) in [6.45, 7) is 21.1. The van der Waals surface area contributed by atoms with Crippen molar-refractivity contribution in [3.8, 4) is 0 Å². The molecule has 0 aromatic rings. The zero-order valence-corrected chi connectivity index (χ0v) is 17.3. The predicted molar refractivity (Wildman–Crippen MR) is 112 cm³/mol. The molecule has 2 nitrogen and oxygen atoms in total. The molecule has 6 unspecified atom stereocenters. The van der Waals surface area contributed by atoms with Gasteiger partial charge in [0.15, 0.2) is 0 Å². The van der Waals surface area contributed by atoms with Gasteiger partial charge in [0.1, 0.15) is 0 Å². The third kappa shape index (κ3) is 7.98. The monoisotopic (exact) mass is 344 g/mol. The predicted octanol–water partition coefficient (Wildman–Crippen LogP) is 5.81. The van der Waals surface area contributed by atoms with E-state index in [1.807, 2.05) is 6.08 Å². The molecule has 142 valence electrons. The second-order valence-corrected chi connectivity index (χ2v) is 8.23. The minimum Gasteiger partial charge on any atom is -0.386 e. The largest absolute Gasteiger partial charge is 0.386 e. The van der Waals surface area contributed by atoms with Gasteiger partial charge in [-0.05, 0) is 62.9 Å². The van der Waals surface area contributed by atoms with Gasteiger partial charge in [0.05, 0.1) is 0 Å². The van der Waals surface area contributed by atoms with Gasteiger partial charge in [-0.2, -0.15) is 0 Å². The summed E-state index contributed by atoms with van der Waals surface area (Å²) < 4.78 is 0. The van der Waals surface area contributed by atoms with Crippen molar-refractivity contribution in [3.63, 3.8) is 0 Å². The lowest BCUT2D eigenvalue weighted by atomic mass is 9.93. The Morgan fingerprint density at radius 1 is 0.840 bits per heavy atom. The van der Waals surface area contributed by atoms with E-state index in [2.05, 4.69) is 83.6 Å². The molecule has 0 bridgehead atoms. The number of piperidine rings is 1. The van der Waals surface area contributed by atoms with Gasteiger partial charge in [-0.3, -0.25) is 0 Å². The van der Waals surface area contributed by atoms with Crippen molar-refractivity contribution in [1.29, 1.82) is 0 Å². The van der Waals surface area contributed by atoms with Crippen LogP contribution in [0.25, 0.3) is 0 Å². The molecule has 6 atom stereocenters. The minimum atomic E-state index is 0.544. The first kappa shape index (κ1) is 21.6. The molecular weight excluding hydrogens is 304 g/mol. The molecule has 1 fully saturated rings. The molecule has 0 aromatic carbocycles. The van der Waals surface area contributed by atoms with E-state index in [0.717, 1.165) is 29.9 Å². The maximum absolute atomic E-state index is 3.89. The van der Waals surface area contributed by atoms with Gasteiger partial charge in [0.2, 0.25) is 0 Å². The third-order valence-corrected chi connectivity index (χ3v) is 5.83. The fourth-order valence-electron chi connectivity index (χ4n) is 3.01. The first-order valence-corrected chi connectivity index (χ1v) is 9.95. The maximum atomic E-state index is 3.89. The smallest absolute Gasteiger partial charge is 0.0292 e. The van der Waals surface area contributed by atoms with Crippen LogP contribution >= 0.6 is 0 Å². The van der Waals surface area contributed by atoms with Crippen LogP contribution in [0.4, 0.5) is 0 Å². The molecule has 1 saturated heterocycles. The number of allylic oxidation sites excluding steroid dienone is 4. The van der Waals surface area contributed by atoms with Crippen molar-refractivity contribution >= 4 is 0 Å². The second kappa shape index (κ2) is 10.5. The van der Waals surface area contributed by atoms with Crippen molar-refractivity contribution in [3.05, 3.63) is 48.9 Å². The van der Waals surface area contributed by atoms with Gasteiger partial charge in [0, 0.05) is 23.5 Å². The topological polar surface area (TPSA) is 24.1 Å². The van der Waals surface area contributed by atoms with Crippen LogP contribution in [0.3, 0.4) is 0 Å². The molecule has 0 saturated carbocycles. The quantitative estimate of drug-likeness (QED) is 0.542. The summed E-state index contributed by atoms with van der Waals surface area (Å²) in [7, 11) is 0. The number of hydrogen-bond acceptors (Lipinski definition) is 2. The van der Waals surface area contributed by atoms with E-state index < -0.39 is 0 Å². The van der Waals surface area contributed by atoms with Crippen LogP contribution in [-0.4, -0.2) is 12.1 Å². The van der Waals surface area contributed by atoms with Crippen molar-refractivity contribution < 1.29 is 0 Å². The Balaban J connectivity index is 0.000000189. The molecule has 3 rings (SSSR count). The van der Waals surface area contributed by atoms with Gasteiger partial charge in [-0.25, -0.2) is 0 Å². The number of nitrogens with one attached hydrogen (secondary N) is 2. The lowest BCUT2D eigenvalue weighted by Gasteiger charge is -2.29. The van der Waals surface area contributed by atoms with Gasteiger partial charge in [-0.1, -0.05) is 59.1 Å². The average Bonchev–Trinajstić information content (AvgIpc) is 2.92. The fraction of sp³-hybridized carbons (Fsp3) is 0.652. The summed E-state index contributed by atoms with van der Waals surface area (Å²) in [6, 6.07) is 1.17. The van der Waals surface area contributed by atoms with Crippen molar-refractivity contribution in [2.45, 2.75) is 72.9 Å². The highest BCUT2D eigenvalue weighted by Crippen LogP contribution is 2.22. The Bertz CT molecular complexity index is 488. The zero-order chi connectivity index (χ0) is 19.0. The van der Waals surface area contributed by atoms with Gasteiger partial charge < -0.3 is 10.6 Å². The highest BCUT2D eigenvalue weighted by molar-refractivity contribution is 5.18. The van der Waals surface area contributed by atoms with Crippen LogP contribution < -0.4 is 10.6 Å². The van der Waals surface area contributed by atoms with Crippen LogP contribution in [0.5, 0.6) is 0 Å². The Labute approximate surface area is 156 Å². The van der Waals surface area contributed by atoms with Gasteiger partial charge >= 0.3 is 0 Å². The van der Waals surface area contributed by atoms with Crippen LogP contribution in [0, 0.1) is 23.7 Å². The van der Waals surface area contributed by atoms with Crippen molar-refractivity contribution in [2.24, 2.45) is 23.7 Å². The second-order valence-electron chi connectivity index (χ2n) is 8.23. The number of hydrogen-bond donors (Lipinski definition) is 2. The van der Waals surface area contributed by atoms with E-state index in [-0.39, 0.29) is 0 Å². The first-order valence-electron chi connectivity index (χ1n) is 9.95. The van der Waals surface area contributed by atoms with Crippen LogP contribution in [0.2, 0.25) is 0 Å². The van der Waals surface area contributed by atoms with Crippen LogP contribution in [0.15, 0.2) is 48.9 Å². The molecule has 3 aliphatic rings. The zero-order valence-electron chi connectivity index (χ0n) is 17.3. The van der Waals surface area contributed by atoms with E-state index in [4.69, 9.17) is 0 Å². The third-order valence-electron chi connectivity index (χ3n) is 5.83. The summed E-state index contributed by atoms with van der Waals surface area (Å²) in [6.07, 6.45) is 12.5. The highest BCUT2D eigenvalue weighted by Gasteiger charge is 2.17. The fourth-order valence-corrected chi connectivity index (χ4v) is 3.01. The molecule has 0 aromatic heterocycles. The summed E-state index contributed by atoms with van der Waals surface area (Å²) in [4.78, 5) is 0. The first-order chi connectivity index (χ1) is 11.7. The summed E-state index contributed by atoms with van der Waals surface area (Å²) in [5, 5.41) is 6.58. The van der Waals surface area contributed by atoms with Gasteiger partial charge in [0.25, 0.3) is 0 Å². The number of rotatable bonds is 0. The van der Waals surface area contributed by atoms with Gasteiger partial charge in [-0.15, -0.1) is 0 Å². The normalized spacial score (nSPS) is 36.4. The van der Waals surface area contributed by atoms with Crippen molar-refractivity contribution in [1.82, 2.24) is 10.6 Å². The van der Waals surface area contributed by atoms with Crippen LogP contribution in [0.1, 0.15) is 60.8 Å². The van der Waals surface area contributed by atoms with Crippen molar-refractivity contribution in [2.75, 3.05) is 0 Å². The van der Waals surface area contributed by atoms with E-state index in [1.165, 1.54) is 18.5 Å². The Kier molecular flexibility index (Phi) is 9.10. The molecule has 2 heterocycles. The van der Waals surface area contributed by atoms with E-state index in [9.17, 15) is 0 Å². The average molecular weight is 345 g/mol. The molecule has 0 radical (unpaired) electrons. The molecule has 1 aliphatic carbocycles. The molecule has 2 heteroatoms. The minimum absolute atomic E-state index is 0.544. The Morgan fingerprint density at radius 3 is 1.88 bits per heavy atom. The maximum Gasteiger partial charge on any atom is 0.0292 e. The standard InChI is InChI=1S/C8H15N.C8H13N.C7H12/c2*1-6-4-5-7(2)9-8(6)3;1-6-4-3-5-7(6)2/h6,8-9H,2,4-5H2,1,3H3;4-6,8-9H,2H2,1,3H3;3-4,6-7H,5H2,1-2H3. The summed E-state index contributed by atoms with van der Waals surface area (Å²) >= 11 is 0. The molecule has 0 spiro atoms. The molecule has 2 N–H and O–H groups in total. The van der Waals surface area contributed by atoms with Crippen LogP contribution in [-0.2, 0) is 0 Å². The lowest BCUT2D eigenvalue weighted by Crippen LogP contribution is -2.35. The molecule has 2 aliphatic heterocycles. The van der Waals surface area contributed by atoms with E-state index in [1.54, 1.807) is 0 Å². The molecule has 0 amide bonds. The Morgan fingerprint density at radius 2 is 1.52 bits per heavy atom. The van der Waals surface area contributed by atoms with E-state index >= 15 is 0 Å². The molecule has 25 heavy (non-hydrogen) atoms.